The first-order chi connectivity index (χ1) is 12.1. The zero-order valence-electron chi connectivity index (χ0n) is 15.2. The molecule has 1 saturated carbocycles. The van der Waals surface area contributed by atoms with Crippen LogP contribution in [0.4, 0.5) is 5.69 Å². The molecule has 136 valence electrons. The monoisotopic (exact) mass is 342 g/mol. The second-order valence-electron chi connectivity index (χ2n) is 8.09. The molecule has 1 amide bonds. The van der Waals surface area contributed by atoms with Gasteiger partial charge >= 0.3 is 0 Å². The molecule has 2 aliphatic heterocycles. The molecule has 2 heterocycles. The normalized spacial score (nSPS) is 29.9. The summed E-state index contributed by atoms with van der Waals surface area (Å²) in [5.74, 6) is 0.539. The van der Waals surface area contributed by atoms with Gasteiger partial charge in [-0.25, -0.2) is 0 Å². The summed E-state index contributed by atoms with van der Waals surface area (Å²) in [5, 5.41) is 3.84. The van der Waals surface area contributed by atoms with Gasteiger partial charge < -0.3 is 16.0 Å². The number of carbonyl (C=O) groups is 1. The number of benzene rings is 1. The molecular formula is C20H30N4O. The van der Waals surface area contributed by atoms with E-state index in [1.165, 1.54) is 49.0 Å². The summed E-state index contributed by atoms with van der Waals surface area (Å²) in [5.41, 5.74) is 9.35. The second-order valence-corrected chi connectivity index (χ2v) is 8.09. The van der Waals surface area contributed by atoms with Crippen LogP contribution in [0.2, 0.25) is 0 Å². The number of hydrogen-bond acceptors (Lipinski definition) is 4. The van der Waals surface area contributed by atoms with E-state index in [4.69, 9.17) is 5.73 Å². The number of anilines is 1. The Balaban J connectivity index is 1.46. The molecule has 5 nitrogen and oxygen atoms in total. The Bertz CT molecular complexity index is 647. The lowest BCUT2D eigenvalue weighted by Gasteiger charge is -2.41. The summed E-state index contributed by atoms with van der Waals surface area (Å²) in [4.78, 5) is 15.9. The first-order valence-corrected chi connectivity index (χ1v) is 9.69. The molecule has 3 atom stereocenters. The van der Waals surface area contributed by atoms with Gasteiger partial charge in [-0.1, -0.05) is 12.5 Å². The standard InChI is InChI=1S/C20H30N4O/c1-23-9-8-18(17-3-2-4-19(17)23)22-16-6-5-14-7-10-24(13-20(21)25)12-15(14)11-16/h5-6,11,17-19,22H,2-4,7-10,12-13H2,1H3,(H2,21,25)/t17-,18-,19-/m0/s1. The number of nitrogens with zero attached hydrogens (tertiary/aromatic N) is 2. The average molecular weight is 342 g/mol. The topological polar surface area (TPSA) is 61.6 Å². The summed E-state index contributed by atoms with van der Waals surface area (Å²) in [6, 6.07) is 8.15. The van der Waals surface area contributed by atoms with Crippen molar-refractivity contribution in [3.05, 3.63) is 29.3 Å². The molecule has 0 aromatic heterocycles. The van der Waals surface area contributed by atoms with E-state index in [2.05, 4.69) is 40.4 Å². The van der Waals surface area contributed by atoms with Crippen molar-refractivity contribution in [3.63, 3.8) is 0 Å². The van der Waals surface area contributed by atoms with E-state index in [0.29, 0.717) is 12.6 Å². The van der Waals surface area contributed by atoms with E-state index in [1.54, 1.807) is 0 Å². The van der Waals surface area contributed by atoms with E-state index < -0.39 is 0 Å². The molecule has 3 aliphatic rings. The van der Waals surface area contributed by atoms with Crippen molar-refractivity contribution >= 4 is 11.6 Å². The summed E-state index contributed by atoms with van der Waals surface area (Å²) < 4.78 is 0. The molecule has 1 aromatic rings. The van der Waals surface area contributed by atoms with E-state index in [0.717, 1.165) is 31.5 Å². The van der Waals surface area contributed by atoms with Crippen molar-refractivity contribution in [3.8, 4) is 0 Å². The SMILES string of the molecule is CN1CC[C@H](Nc2ccc3c(c2)CN(CC(N)=O)CC3)[C@@H]2CCC[C@@H]21. The van der Waals surface area contributed by atoms with Crippen molar-refractivity contribution in [2.24, 2.45) is 11.7 Å². The third-order valence-electron chi connectivity index (χ3n) is 6.44. The smallest absolute Gasteiger partial charge is 0.231 e. The van der Waals surface area contributed by atoms with Crippen LogP contribution in [0.1, 0.15) is 36.8 Å². The van der Waals surface area contributed by atoms with Crippen molar-refractivity contribution in [2.75, 3.05) is 32.0 Å². The largest absolute Gasteiger partial charge is 0.382 e. The van der Waals surface area contributed by atoms with Crippen molar-refractivity contribution in [1.82, 2.24) is 9.80 Å². The molecule has 25 heavy (non-hydrogen) atoms. The fourth-order valence-corrected chi connectivity index (χ4v) is 5.16. The number of hydrogen-bond donors (Lipinski definition) is 2. The Hall–Kier alpha value is -1.59. The summed E-state index contributed by atoms with van der Waals surface area (Å²) in [6.07, 6.45) is 6.30. The lowest BCUT2D eigenvalue weighted by molar-refractivity contribution is -0.119. The zero-order chi connectivity index (χ0) is 17.4. The Labute approximate surface area is 150 Å². The van der Waals surface area contributed by atoms with Gasteiger partial charge in [-0.05, 0) is 61.9 Å². The van der Waals surface area contributed by atoms with Crippen LogP contribution in [0.3, 0.4) is 0 Å². The molecule has 0 unspecified atom stereocenters. The van der Waals surface area contributed by atoms with Crippen molar-refractivity contribution < 1.29 is 4.79 Å². The first kappa shape index (κ1) is 16.9. The lowest BCUT2D eigenvalue weighted by atomic mass is 9.87. The summed E-state index contributed by atoms with van der Waals surface area (Å²) in [6.45, 7) is 3.29. The fraction of sp³-hybridized carbons (Fsp3) is 0.650. The van der Waals surface area contributed by atoms with Crippen LogP contribution in [-0.2, 0) is 17.8 Å². The van der Waals surface area contributed by atoms with Gasteiger partial charge in [0.05, 0.1) is 6.54 Å². The maximum atomic E-state index is 11.2. The van der Waals surface area contributed by atoms with Gasteiger partial charge in [0.15, 0.2) is 0 Å². The Kier molecular flexibility index (Phi) is 4.69. The van der Waals surface area contributed by atoms with Crippen molar-refractivity contribution in [1.29, 1.82) is 0 Å². The minimum atomic E-state index is -0.240. The average Bonchev–Trinajstić information content (AvgIpc) is 3.07. The van der Waals surface area contributed by atoms with Crippen LogP contribution in [0.15, 0.2) is 18.2 Å². The quantitative estimate of drug-likeness (QED) is 0.876. The molecule has 3 N–H and O–H groups in total. The van der Waals surface area contributed by atoms with Crippen molar-refractivity contribution in [2.45, 2.75) is 50.7 Å². The Morgan fingerprint density at radius 1 is 1.24 bits per heavy atom. The van der Waals surface area contributed by atoms with Gasteiger partial charge in [0, 0.05) is 37.4 Å². The van der Waals surface area contributed by atoms with E-state index in [-0.39, 0.29) is 5.91 Å². The number of primary amides is 1. The summed E-state index contributed by atoms with van der Waals surface area (Å²) >= 11 is 0. The number of fused-ring (bicyclic) bond motifs is 2. The van der Waals surface area contributed by atoms with Gasteiger partial charge in [-0.15, -0.1) is 0 Å². The lowest BCUT2D eigenvalue weighted by Crippen LogP contribution is -2.49. The van der Waals surface area contributed by atoms with Gasteiger partial charge in [-0.2, -0.15) is 0 Å². The van der Waals surface area contributed by atoms with E-state index in [9.17, 15) is 4.79 Å². The highest BCUT2D eigenvalue weighted by molar-refractivity contribution is 5.76. The Morgan fingerprint density at radius 3 is 2.96 bits per heavy atom. The molecular weight excluding hydrogens is 312 g/mol. The third-order valence-corrected chi connectivity index (χ3v) is 6.44. The highest BCUT2D eigenvalue weighted by Gasteiger charge is 2.39. The number of nitrogens with one attached hydrogen (secondary N) is 1. The van der Waals surface area contributed by atoms with Gasteiger partial charge in [-0.3, -0.25) is 9.69 Å². The van der Waals surface area contributed by atoms with Crippen LogP contribution in [0.25, 0.3) is 0 Å². The third kappa shape index (κ3) is 3.53. The molecule has 1 aliphatic carbocycles. The summed E-state index contributed by atoms with van der Waals surface area (Å²) in [7, 11) is 2.28. The minimum Gasteiger partial charge on any atom is -0.382 e. The predicted molar refractivity (Wildman–Crippen MR) is 100 cm³/mol. The molecule has 4 rings (SSSR count). The number of piperidine rings is 1. The second kappa shape index (κ2) is 6.96. The van der Waals surface area contributed by atoms with E-state index in [1.807, 2.05) is 0 Å². The molecule has 0 bridgehead atoms. The van der Waals surface area contributed by atoms with Crippen LogP contribution in [0, 0.1) is 5.92 Å². The molecule has 0 radical (unpaired) electrons. The molecule has 1 aromatic carbocycles. The molecule has 0 spiro atoms. The van der Waals surface area contributed by atoms with Crippen LogP contribution in [0.5, 0.6) is 0 Å². The highest BCUT2D eigenvalue weighted by Crippen LogP contribution is 2.37. The fourth-order valence-electron chi connectivity index (χ4n) is 5.16. The number of carbonyl (C=O) groups excluding carboxylic acids is 1. The van der Waals surface area contributed by atoms with Gasteiger partial charge in [0.25, 0.3) is 0 Å². The van der Waals surface area contributed by atoms with Crippen LogP contribution < -0.4 is 11.1 Å². The molecule has 1 saturated heterocycles. The molecule has 5 heteroatoms. The maximum absolute atomic E-state index is 11.2. The Morgan fingerprint density at radius 2 is 2.12 bits per heavy atom. The minimum absolute atomic E-state index is 0.240. The first-order valence-electron chi connectivity index (χ1n) is 9.69. The van der Waals surface area contributed by atoms with Crippen LogP contribution >= 0.6 is 0 Å². The van der Waals surface area contributed by atoms with Crippen LogP contribution in [-0.4, -0.2) is 54.5 Å². The number of nitrogens with two attached hydrogens (primary N) is 1. The number of amides is 1. The highest BCUT2D eigenvalue weighted by atomic mass is 16.1. The number of likely N-dealkylation sites (tertiary alicyclic amines) is 1. The van der Waals surface area contributed by atoms with E-state index >= 15 is 0 Å². The van der Waals surface area contributed by atoms with Gasteiger partial charge in [0.1, 0.15) is 0 Å². The van der Waals surface area contributed by atoms with Gasteiger partial charge in [0.2, 0.25) is 5.91 Å². The molecule has 2 fully saturated rings. The zero-order valence-corrected chi connectivity index (χ0v) is 15.2. The predicted octanol–water partition coefficient (Wildman–Crippen LogP) is 1.81. The number of rotatable bonds is 4. The maximum Gasteiger partial charge on any atom is 0.231 e.